The Morgan fingerprint density at radius 2 is 0.932 bits per heavy atom. The first-order valence-electron chi connectivity index (χ1n) is 14.0. The molecule has 4 aromatic rings. The van der Waals surface area contributed by atoms with E-state index in [0.717, 1.165) is 11.1 Å². The summed E-state index contributed by atoms with van der Waals surface area (Å²) in [5.41, 5.74) is 2.40. The Labute approximate surface area is 256 Å². The fraction of sp³-hybridized carbons (Fsp3) is 0.111. The molecule has 0 unspecified atom stereocenters. The van der Waals surface area contributed by atoms with Crippen molar-refractivity contribution in [1.82, 2.24) is 0 Å². The Morgan fingerprint density at radius 1 is 0.568 bits per heavy atom. The molecule has 0 aliphatic carbocycles. The maximum atomic E-state index is 12.8. The highest BCUT2D eigenvalue weighted by atomic mass is 16.5. The standard InChI is InChI=1S/C36H30N4O4/c37-25-29(23-27-13-3-1-4-14-27)35(41)39-31-17-7-9-19-33(31)43-21-11-12-22-44-34-20-10-8-18-32(34)40-36(42)30(26-38)24-28-15-5-2-6-16-28/h1-10,13-20,23-24H,11-12,21-22H2,(H,39,41)(H,40,42)/b29-23-,30-24+. The Balaban J connectivity index is 1.26. The lowest BCUT2D eigenvalue weighted by Crippen LogP contribution is -2.15. The van der Waals surface area contributed by atoms with Crippen LogP contribution in [0.15, 0.2) is 120 Å². The van der Waals surface area contributed by atoms with Crippen LogP contribution in [0.3, 0.4) is 0 Å². The minimum Gasteiger partial charge on any atom is -0.491 e. The molecule has 4 aromatic carbocycles. The van der Waals surface area contributed by atoms with Gasteiger partial charge in [-0.15, -0.1) is 0 Å². The van der Waals surface area contributed by atoms with Gasteiger partial charge in [0.05, 0.1) is 24.6 Å². The summed E-state index contributed by atoms with van der Waals surface area (Å²) in [4.78, 5) is 25.5. The number of nitrogens with zero attached hydrogens (tertiary/aromatic N) is 2. The first kappa shape index (κ1) is 30.8. The average Bonchev–Trinajstić information content (AvgIpc) is 3.06. The summed E-state index contributed by atoms with van der Waals surface area (Å²) in [6, 6.07) is 36.3. The van der Waals surface area contributed by atoms with Crippen molar-refractivity contribution in [3.05, 3.63) is 131 Å². The lowest BCUT2D eigenvalue weighted by Gasteiger charge is -2.14. The van der Waals surface area contributed by atoms with Crippen LogP contribution in [0.2, 0.25) is 0 Å². The SMILES string of the molecule is N#C/C(=C/c1ccccc1)C(=O)Nc1ccccc1OCCCCOc1ccccc1NC(=O)/C(C#N)=C/c1ccccc1. The molecular weight excluding hydrogens is 552 g/mol. The second-order valence-electron chi connectivity index (χ2n) is 9.47. The largest absolute Gasteiger partial charge is 0.491 e. The normalized spacial score (nSPS) is 11.0. The number of nitrogens with one attached hydrogen (secondary N) is 2. The molecular formula is C36H30N4O4. The zero-order valence-corrected chi connectivity index (χ0v) is 23.9. The number of nitriles is 2. The van der Waals surface area contributed by atoms with E-state index in [9.17, 15) is 20.1 Å². The molecule has 0 bridgehead atoms. The quantitative estimate of drug-likeness (QED) is 0.0992. The number of carbonyl (C=O) groups excluding carboxylic acids is 2. The molecule has 2 amide bonds. The second kappa shape index (κ2) is 16.4. The van der Waals surface area contributed by atoms with E-state index in [2.05, 4.69) is 10.6 Å². The van der Waals surface area contributed by atoms with Crippen molar-refractivity contribution in [2.24, 2.45) is 0 Å². The topological polar surface area (TPSA) is 124 Å². The fourth-order valence-corrected chi connectivity index (χ4v) is 4.07. The highest BCUT2D eigenvalue weighted by molar-refractivity contribution is 6.11. The summed E-state index contributed by atoms with van der Waals surface area (Å²) in [6.45, 7) is 0.741. The zero-order chi connectivity index (χ0) is 31.0. The van der Waals surface area contributed by atoms with Crippen molar-refractivity contribution in [3.8, 4) is 23.6 Å². The van der Waals surface area contributed by atoms with Crippen LogP contribution in [0.25, 0.3) is 12.2 Å². The predicted octanol–water partition coefficient (Wildman–Crippen LogP) is 7.02. The minimum absolute atomic E-state index is 0.0179. The minimum atomic E-state index is -0.524. The molecule has 0 radical (unpaired) electrons. The molecule has 0 aliphatic heterocycles. The van der Waals surface area contributed by atoms with E-state index < -0.39 is 11.8 Å². The van der Waals surface area contributed by atoms with Gasteiger partial charge in [0.15, 0.2) is 0 Å². The smallest absolute Gasteiger partial charge is 0.266 e. The Kier molecular flexibility index (Phi) is 11.5. The third kappa shape index (κ3) is 9.20. The maximum absolute atomic E-state index is 12.8. The van der Waals surface area contributed by atoms with Gasteiger partial charge < -0.3 is 20.1 Å². The van der Waals surface area contributed by atoms with E-state index in [1.54, 1.807) is 48.5 Å². The Morgan fingerprint density at radius 3 is 1.32 bits per heavy atom. The highest BCUT2D eigenvalue weighted by Gasteiger charge is 2.14. The predicted molar refractivity (Wildman–Crippen MR) is 170 cm³/mol. The van der Waals surface area contributed by atoms with Gasteiger partial charge >= 0.3 is 0 Å². The molecule has 0 aliphatic rings. The van der Waals surface area contributed by atoms with Crippen LogP contribution in [0, 0.1) is 22.7 Å². The molecule has 218 valence electrons. The molecule has 4 rings (SSSR count). The van der Waals surface area contributed by atoms with Gasteiger partial charge in [0.25, 0.3) is 11.8 Å². The summed E-state index contributed by atoms with van der Waals surface area (Å²) in [5.74, 6) is -0.0691. The lowest BCUT2D eigenvalue weighted by atomic mass is 10.1. The fourth-order valence-electron chi connectivity index (χ4n) is 4.07. The number of ether oxygens (including phenoxy) is 2. The number of amides is 2. The van der Waals surface area contributed by atoms with Gasteiger partial charge in [0.1, 0.15) is 34.8 Å². The van der Waals surface area contributed by atoms with Crippen molar-refractivity contribution in [3.63, 3.8) is 0 Å². The van der Waals surface area contributed by atoms with E-state index in [0.29, 0.717) is 48.9 Å². The van der Waals surface area contributed by atoms with Gasteiger partial charge in [0, 0.05) is 0 Å². The molecule has 0 heterocycles. The van der Waals surface area contributed by atoms with Gasteiger partial charge in [-0.1, -0.05) is 84.9 Å². The van der Waals surface area contributed by atoms with Gasteiger partial charge in [0.2, 0.25) is 0 Å². The van der Waals surface area contributed by atoms with E-state index in [1.807, 2.05) is 72.8 Å². The van der Waals surface area contributed by atoms with Crippen molar-refractivity contribution < 1.29 is 19.1 Å². The molecule has 8 nitrogen and oxygen atoms in total. The zero-order valence-electron chi connectivity index (χ0n) is 23.9. The summed E-state index contributed by atoms with van der Waals surface area (Å²) in [5, 5.41) is 24.5. The third-order valence-corrected chi connectivity index (χ3v) is 6.28. The van der Waals surface area contributed by atoms with Crippen LogP contribution < -0.4 is 20.1 Å². The first-order chi connectivity index (χ1) is 21.6. The summed E-state index contributed by atoms with van der Waals surface area (Å²) < 4.78 is 11.8. The number of hydrogen-bond donors (Lipinski definition) is 2. The summed E-state index contributed by atoms with van der Waals surface area (Å²) >= 11 is 0. The van der Waals surface area contributed by atoms with Crippen molar-refractivity contribution in [2.75, 3.05) is 23.8 Å². The van der Waals surface area contributed by atoms with Gasteiger partial charge in [-0.2, -0.15) is 10.5 Å². The average molecular weight is 583 g/mol. The lowest BCUT2D eigenvalue weighted by molar-refractivity contribution is -0.113. The Bertz CT molecular complexity index is 1590. The van der Waals surface area contributed by atoms with Gasteiger partial charge in [-0.3, -0.25) is 9.59 Å². The van der Waals surface area contributed by atoms with Crippen LogP contribution in [0.1, 0.15) is 24.0 Å². The van der Waals surface area contributed by atoms with Crippen LogP contribution >= 0.6 is 0 Å². The van der Waals surface area contributed by atoms with Gasteiger partial charge in [-0.05, 0) is 60.4 Å². The molecule has 0 saturated carbocycles. The number of benzene rings is 4. The summed E-state index contributed by atoms with van der Waals surface area (Å²) in [7, 11) is 0. The molecule has 0 spiro atoms. The molecule has 0 aromatic heterocycles. The van der Waals surface area contributed by atoms with Crippen LogP contribution in [-0.2, 0) is 9.59 Å². The van der Waals surface area contributed by atoms with Crippen molar-refractivity contribution in [1.29, 1.82) is 10.5 Å². The van der Waals surface area contributed by atoms with Crippen LogP contribution in [-0.4, -0.2) is 25.0 Å². The van der Waals surface area contributed by atoms with Crippen molar-refractivity contribution >= 4 is 35.3 Å². The Hall–Kier alpha value is -6.12. The monoisotopic (exact) mass is 582 g/mol. The molecule has 0 fully saturated rings. The number of rotatable bonds is 13. The highest BCUT2D eigenvalue weighted by Crippen LogP contribution is 2.26. The molecule has 0 saturated heterocycles. The van der Waals surface area contributed by atoms with E-state index in [-0.39, 0.29) is 11.1 Å². The third-order valence-electron chi connectivity index (χ3n) is 6.28. The first-order valence-corrected chi connectivity index (χ1v) is 14.0. The molecule has 8 heteroatoms. The van der Waals surface area contributed by atoms with Crippen molar-refractivity contribution in [2.45, 2.75) is 12.8 Å². The van der Waals surface area contributed by atoms with Crippen LogP contribution in [0.5, 0.6) is 11.5 Å². The number of hydrogen-bond acceptors (Lipinski definition) is 6. The molecule has 44 heavy (non-hydrogen) atoms. The van der Waals surface area contributed by atoms with E-state index in [1.165, 1.54) is 12.2 Å². The maximum Gasteiger partial charge on any atom is 0.266 e. The van der Waals surface area contributed by atoms with Crippen LogP contribution in [0.4, 0.5) is 11.4 Å². The number of carbonyl (C=O) groups is 2. The number of unbranched alkanes of at least 4 members (excludes halogenated alkanes) is 1. The molecule has 0 atom stereocenters. The molecule has 2 N–H and O–H groups in total. The van der Waals surface area contributed by atoms with E-state index >= 15 is 0 Å². The second-order valence-corrected chi connectivity index (χ2v) is 9.47. The van der Waals surface area contributed by atoms with E-state index in [4.69, 9.17) is 9.47 Å². The van der Waals surface area contributed by atoms with Gasteiger partial charge in [-0.25, -0.2) is 0 Å². The number of para-hydroxylation sites is 4. The number of anilines is 2. The summed E-state index contributed by atoms with van der Waals surface area (Å²) in [6.07, 6.45) is 4.39.